The lowest BCUT2D eigenvalue weighted by atomic mass is 9.98. The van der Waals surface area contributed by atoms with Crippen LogP contribution in [0.15, 0.2) is 60.7 Å². The monoisotopic (exact) mass is 599 g/mol. The highest BCUT2D eigenvalue weighted by molar-refractivity contribution is 5.81. The van der Waals surface area contributed by atoms with Gasteiger partial charge in [0.05, 0.1) is 66.4 Å². The van der Waals surface area contributed by atoms with Gasteiger partial charge in [-0.3, -0.25) is 4.79 Å². The maximum Gasteiger partial charge on any atom is 0.407 e. The number of hydrogen-bond donors (Lipinski definition) is 1. The van der Waals surface area contributed by atoms with Gasteiger partial charge in [-0.2, -0.15) is 0 Å². The fourth-order valence-corrected chi connectivity index (χ4v) is 4.34. The van der Waals surface area contributed by atoms with Crippen molar-refractivity contribution in [3.05, 3.63) is 71.8 Å². The Kier molecular flexibility index (Phi) is 15.2. The number of benzene rings is 2. The number of hydrogen-bond acceptors (Lipinski definition) is 10. The zero-order valence-electron chi connectivity index (χ0n) is 24.8. The summed E-state index contributed by atoms with van der Waals surface area (Å²) in [5, 5.41) is 2.53. The first-order chi connectivity index (χ1) is 21.0. The van der Waals surface area contributed by atoms with E-state index in [1.165, 1.54) is 7.11 Å². The number of ether oxygens (including phenoxy) is 7. The Morgan fingerprint density at radius 2 is 1.28 bits per heavy atom. The second-order valence-corrected chi connectivity index (χ2v) is 9.53. The van der Waals surface area contributed by atoms with Gasteiger partial charge in [0.1, 0.15) is 19.3 Å². The molecule has 1 amide bonds. The van der Waals surface area contributed by atoms with E-state index >= 15 is 0 Å². The van der Waals surface area contributed by atoms with Crippen LogP contribution >= 0.6 is 0 Å². The average Bonchev–Trinajstić information content (AvgIpc) is 3.34. The van der Waals surface area contributed by atoms with Crippen LogP contribution in [0.2, 0.25) is 0 Å². The summed E-state index contributed by atoms with van der Waals surface area (Å²) in [7, 11) is 1.34. The summed E-state index contributed by atoms with van der Waals surface area (Å²) in [5.74, 6) is -0.929. The SMILES string of the molecule is COC(=O)CCOCCOCCOCCOCC=CCOC(=O)C(C)NC(=O)OCC1c2ccccc2-c2ccccc21. The zero-order valence-corrected chi connectivity index (χ0v) is 24.8. The first kappa shape index (κ1) is 33.7. The van der Waals surface area contributed by atoms with Crippen LogP contribution in [0.5, 0.6) is 0 Å². The molecule has 0 spiro atoms. The minimum absolute atomic E-state index is 0.0547. The van der Waals surface area contributed by atoms with Crippen LogP contribution in [-0.2, 0) is 42.7 Å². The molecule has 0 saturated heterocycles. The third kappa shape index (κ3) is 11.8. The maximum absolute atomic E-state index is 12.4. The third-order valence-electron chi connectivity index (χ3n) is 6.53. The number of fused-ring (bicyclic) bond motifs is 3. The van der Waals surface area contributed by atoms with E-state index in [4.69, 9.17) is 28.4 Å². The summed E-state index contributed by atoms with van der Waals surface area (Å²) in [4.78, 5) is 35.6. The van der Waals surface area contributed by atoms with Crippen LogP contribution in [0, 0.1) is 0 Å². The fourth-order valence-electron chi connectivity index (χ4n) is 4.34. The van der Waals surface area contributed by atoms with Gasteiger partial charge in [-0.05, 0) is 35.3 Å². The quantitative estimate of drug-likeness (QED) is 0.104. The van der Waals surface area contributed by atoms with Crippen LogP contribution in [0.3, 0.4) is 0 Å². The van der Waals surface area contributed by atoms with E-state index in [-0.39, 0.29) is 31.5 Å². The Morgan fingerprint density at radius 1 is 0.744 bits per heavy atom. The summed E-state index contributed by atoms with van der Waals surface area (Å²) < 4.78 is 36.6. The summed E-state index contributed by atoms with van der Waals surface area (Å²) in [6, 6.07) is 15.3. The zero-order chi connectivity index (χ0) is 30.7. The molecular weight excluding hydrogens is 558 g/mol. The van der Waals surface area contributed by atoms with Crippen molar-refractivity contribution in [3.63, 3.8) is 0 Å². The summed E-state index contributed by atoms with van der Waals surface area (Å²) in [6.45, 7) is 4.91. The number of carbonyl (C=O) groups is 3. The molecule has 0 aliphatic heterocycles. The summed E-state index contributed by atoms with van der Waals surface area (Å²) in [6.07, 6.45) is 2.95. The first-order valence-electron chi connectivity index (χ1n) is 14.3. The minimum atomic E-state index is -0.861. The van der Waals surface area contributed by atoms with Crippen molar-refractivity contribution in [1.29, 1.82) is 0 Å². The molecular formula is C32H41NO10. The highest BCUT2D eigenvalue weighted by Crippen LogP contribution is 2.44. The molecule has 11 heteroatoms. The molecule has 43 heavy (non-hydrogen) atoms. The number of methoxy groups -OCH3 is 1. The Morgan fingerprint density at radius 3 is 1.88 bits per heavy atom. The van der Waals surface area contributed by atoms with Gasteiger partial charge in [0.15, 0.2) is 0 Å². The van der Waals surface area contributed by atoms with E-state index in [0.717, 1.165) is 22.3 Å². The lowest BCUT2D eigenvalue weighted by molar-refractivity contribution is -0.144. The molecule has 1 atom stereocenters. The molecule has 1 unspecified atom stereocenters. The van der Waals surface area contributed by atoms with Crippen LogP contribution < -0.4 is 5.32 Å². The molecule has 2 aromatic carbocycles. The lowest BCUT2D eigenvalue weighted by Gasteiger charge is -2.16. The normalized spacial score (nSPS) is 12.9. The molecule has 1 aliphatic rings. The molecule has 3 rings (SSSR count). The van der Waals surface area contributed by atoms with E-state index in [0.29, 0.717) is 52.9 Å². The predicted octanol–water partition coefficient (Wildman–Crippen LogP) is 3.64. The van der Waals surface area contributed by atoms with Gasteiger partial charge in [-0.1, -0.05) is 54.6 Å². The number of nitrogens with one attached hydrogen (secondary N) is 1. The molecule has 1 aliphatic carbocycles. The van der Waals surface area contributed by atoms with Gasteiger partial charge in [0.2, 0.25) is 0 Å². The standard InChI is InChI=1S/C32H41NO10/c1-24(33-32(36)43-23-29-27-11-5-3-9-25(27)26-10-4-6-12-28(26)29)31(35)42-15-8-7-14-38-17-19-40-21-22-41-20-18-39-16-13-30(34)37-2/h3-12,24,29H,13-23H2,1-2H3,(H,33,36). The van der Waals surface area contributed by atoms with Crippen molar-refractivity contribution in [2.45, 2.75) is 25.3 Å². The maximum atomic E-state index is 12.4. The second-order valence-electron chi connectivity index (χ2n) is 9.53. The number of amides is 1. The average molecular weight is 600 g/mol. The molecule has 0 bridgehead atoms. The molecule has 0 saturated carbocycles. The van der Waals surface area contributed by atoms with E-state index in [2.05, 4.69) is 22.2 Å². The molecule has 0 radical (unpaired) electrons. The van der Waals surface area contributed by atoms with Crippen molar-refractivity contribution < 1.29 is 47.5 Å². The van der Waals surface area contributed by atoms with E-state index < -0.39 is 18.1 Å². The van der Waals surface area contributed by atoms with Crippen molar-refractivity contribution in [3.8, 4) is 11.1 Å². The number of rotatable bonds is 20. The van der Waals surface area contributed by atoms with Crippen molar-refractivity contribution in [2.75, 3.05) is 73.2 Å². The van der Waals surface area contributed by atoms with Gasteiger partial charge in [-0.15, -0.1) is 0 Å². The van der Waals surface area contributed by atoms with Gasteiger partial charge >= 0.3 is 18.0 Å². The summed E-state index contributed by atoms with van der Waals surface area (Å²) >= 11 is 0. The highest BCUT2D eigenvalue weighted by atomic mass is 16.6. The highest BCUT2D eigenvalue weighted by Gasteiger charge is 2.29. The Hall–Kier alpha value is -3.77. The molecule has 11 nitrogen and oxygen atoms in total. The third-order valence-corrected chi connectivity index (χ3v) is 6.53. The van der Waals surface area contributed by atoms with Crippen molar-refractivity contribution in [1.82, 2.24) is 5.32 Å². The largest absolute Gasteiger partial charge is 0.469 e. The second kappa shape index (κ2) is 19.4. The summed E-state index contributed by atoms with van der Waals surface area (Å²) in [5.41, 5.74) is 4.52. The minimum Gasteiger partial charge on any atom is -0.469 e. The molecule has 0 heterocycles. The lowest BCUT2D eigenvalue weighted by Crippen LogP contribution is -2.40. The van der Waals surface area contributed by atoms with E-state index in [9.17, 15) is 14.4 Å². The van der Waals surface area contributed by atoms with Crippen LogP contribution in [0.1, 0.15) is 30.4 Å². The molecule has 0 aromatic heterocycles. The smallest absolute Gasteiger partial charge is 0.407 e. The molecule has 1 N–H and O–H groups in total. The van der Waals surface area contributed by atoms with Crippen molar-refractivity contribution >= 4 is 18.0 Å². The predicted molar refractivity (Wildman–Crippen MR) is 158 cm³/mol. The van der Waals surface area contributed by atoms with Gasteiger partial charge in [0.25, 0.3) is 0 Å². The van der Waals surface area contributed by atoms with E-state index in [1.807, 2.05) is 36.4 Å². The number of carbonyl (C=O) groups excluding carboxylic acids is 3. The van der Waals surface area contributed by atoms with Crippen molar-refractivity contribution in [2.24, 2.45) is 0 Å². The van der Waals surface area contributed by atoms with E-state index in [1.54, 1.807) is 19.1 Å². The Labute approximate surface area is 252 Å². The van der Waals surface area contributed by atoms with Gasteiger partial charge in [-0.25, -0.2) is 9.59 Å². The first-order valence-corrected chi connectivity index (χ1v) is 14.3. The fraction of sp³-hybridized carbons (Fsp3) is 0.469. The Bertz CT molecular complexity index is 1140. The van der Waals surface area contributed by atoms with Crippen LogP contribution in [0.4, 0.5) is 4.79 Å². The molecule has 234 valence electrons. The number of esters is 2. The Balaban J connectivity index is 1.17. The molecule has 0 fully saturated rings. The van der Waals surface area contributed by atoms with Gasteiger partial charge < -0.3 is 38.5 Å². The molecule has 2 aromatic rings. The van der Waals surface area contributed by atoms with Crippen LogP contribution in [0.25, 0.3) is 11.1 Å². The van der Waals surface area contributed by atoms with Crippen LogP contribution in [-0.4, -0.2) is 97.3 Å². The topological polar surface area (TPSA) is 128 Å². The number of alkyl carbamates (subject to hydrolysis) is 1. The van der Waals surface area contributed by atoms with Gasteiger partial charge in [0, 0.05) is 5.92 Å².